The molecule has 2 heterocycles. The van der Waals surface area contributed by atoms with Gasteiger partial charge >= 0.3 is 0 Å². The largest absolute Gasteiger partial charge is 0.369 e. The smallest absolute Gasteiger partial charge is 0.223 e. The Morgan fingerprint density at radius 1 is 1.40 bits per heavy atom. The Balaban J connectivity index is 1.97. The topological polar surface area (TPSA) is 75.4 Å². The molecule has 2 amide bonds. The number of carbonyl (C=O) groups is 2. The first-order chi connectivity index (χ1) is 7.18. The molecule has 1 unspecified atom stereocenters. The molecule has 5 nitrogen and oxygen atoms in total. The molecule has 2 rings (SSSR count). The SMILES string of the molecule is NC(=O)C1CC(=O)N(C2CCNCC2)C1. The monoisotopic (exact) mass is 211 g/mol. The molecule has 0 saturated carbocycles. The van der Waals surface area contributed by atoms with Gasteiger partial charge in [-0.05, 0) is 25.9 Å². The molecule has 0 aliphatic carbocycles. The van der Waals surface area contributed by atoms with E-state index < -0.39 is 0 Å². The molecule has 0 spiro atoms. The van der Waals surface area contributed by atoms with Crippen LogP contribution < -0.4 is 11.1 Å². The van der Waals surface area contributed by atoms with Gasteiger partial charge in [0.2, 0.25) is 11.8 Å². The van der Waals surface area contributed by atoms with Crippen molar-refractivity contribution in [1.29, 1.82) is 0 Å². The van der Waals surface area contributed by atoms with Crippen molar-refractivity contribution in [1.82, 2.24) is 10.2 Å². The second-order valence-electron chi connectivity index (χ2n) is 4.33. The lowest BCUT2D eigenvalue weighted by Gasteiger charge is -2.31. The number of carbonyl (C=O) groups excluding carboxylic acids is 2. The number of hydrogen-bond donors (Lipinski definition) is 2. The number of piperidine rings is 1. The van der Waals surface area contributed by atoms with Gasteiger partial charge in [0.25, 0.3) is 0 Å². The number of nitrogens with one attached hydrogen (secondary N) is 1. The number of amides is 2. The Morgan fingerprint density at radius 3 is 2.60 bits per heavy atom. The van der Waals surface area contributed by atoms with Gasteiger partial charge in [-0.25, -0.2) is 0 Å². The molecule has 5 heteroatoms. The maximum atomic E-state index is 11.7. The normalized spacial score (nSPS) is 28.4. The van der Waals surface area contributed by atoms with Gasteiger partial charge in [0.05, 0.1) is 5.92 Å². The third kappa shape index (κ3) is 2.12. The zero-order valence-corrected chi connectivity index (χ0v) is 8.74. The first-order valence-electron chi connectivity index (χ1n) is 5.48. The van der Waals surface area contributed by atoms with E-state index in [2.05, 4.69) is 5.32 Å². The minimum atomic E-state index is -0.347. The summed E-state index contributed by atoms with van der Waals surface area (Å²) in [7, 11) is 0. The summed E-state index contributed by atoms with van der Waals surface area (Å²) in [5, 5.41) is 3.26. The fraction of sp³-hybridized carbons (Fsp3) is 0.800. The molecule has 0 bridgehead atoms. The van der Waals surface area contributed by atoms with E-state index in [0.29, 0.717) is 19.0 Å². The molecule has 2 saturated heterocycles. The number of primary amides is 1. The Hall–Kier alpha value is -1.10. The van der Waals surface area contributed by atoms with Crippen molar-refractivity contribution in [3.63, 3.8) is 0 Å². The maximum Gasteiger partial charge on any atom is 0.223 e. The highest BCUT2D eigenvalue weighted by Gasteiger charge is 2.37. The highest BCUT2D eigenvalue weighted by atomic mass is 16.2. The number of hydrogen-bond acceptors (Lipinski definition) is 3. The molecule has 2 aliphatic rings. The van der Waals surface area contributed by atoms with Crippen LogP contribution in [0.15, 0.2) is 0 Å². The van der Waals surface area contributed by atoms with Crippen molar-refractivity contribution < 1.29 is 9.59 Å². The molecule has 0 aromatic heterocycles. The summed E-state index contributed by atoms with van der Waals surface area (Å²) >= 11 is 0. The lowest BCUT2D eigenvalue weighted by molar-refractivity contribution is -0.130. The van der Waals surface area contributed by atoms with Crippen LogP contribution >= 0.6 is 0 Å². The van der Waals surface area contributed by atoms with Gasteiger partial charge in [-0.3, -0.25) is 9.59 Å². The summed E-state index contributed by atoms with van der Waals surface area (Å²) in [6.07, 6.45) is 2.27. The Morgan fingerprint density at radius 2 is 2.07 bits per heavy atom. The maximum absolute atomic E-state index is 11.7. The molecule has 2 aliphatic heterocycles. The minimum Gasteiger partial charge on any atom is -0.369 e. The first-order valence-corrected chi connectivity index (χ1v) is 5.48. The van der Waals surface area contributed by atoms with Gasteiger partial charge in [-0.1, -0.05) is 0 Å². The van der Waals surface area contributed by atoms with E-state index in [0.717, 1.165) is 25.9 Å². The van der Waals surface area contributed by atoms with E-state index in [4.69, 9.17) is 5.73 Å². The van der Waals surface area contributed by atoms with Crippen LogP contribution in [0.2, 0.25) is 0 Å². The molecule has 1 atom stereocenters. The summed E-state index contributed by atoms with van der Waals surface area (Å²) in [5.41, 5.74) is 5.22. The molecule has 84 valence electrons. The highest BCUT2D eigenvalue weighted by Crippen LogP contribution is 2.23. The van der Waals surface area contributed by atoms with Crippen LogP contribution in [-0.4, -0.2) is 42.4 Å². The average Bonchev–Trinajstić information content (AvgIpc) is 2.62. The van der Waals surface area contributed by atoms with Crippen molar-refractivity contribution in [3.8, 4) is 0 Å². The molecule has 15 heavy (non-hydrogen) atoms. The van der Waals surface area contributed by atoms with Crippen molar-refractivity contribution in [3.05, 3.63) is 0 Å². The number of rotatable bonds is 2. The molecule has 0 aromatic carbocycles. The lowest BCUT2D eigenvalue weighted by atomic mass is 10.1. The van der Waals surface area contributed by atoms with Crippen LogP contribution in [0.25, 0.3) is 0 Å². The molecule has 0 radical (unpaired) electrons. The Kier molecular flexibility index (Phi) is 2.90. The van der Waals surface area contributed by atoms with E-state index in [-0.39, 0.29) is 17.7 Å². The van der Waals surface area contributed by atoms with E-state index >= 15 is 0 Å². The standard InChI is InChI=1S/C10H17N3O2/c11-10(15)7-5-9(14)13(6-7)8-1-3-12-4-2-8/h7-8,12H,1-6H2,(H2,11,15). The van der Waals surface area contributed by atoms with Crippen LogP contribution in [0, 0.1) is 5.92 Å². The third-order valence-electron chi connectivity index (χ3n) is 3.31. The second kappa shape index (κ2) is 4.18. The average molecular weight is 211 g/mol. The highest BCUT2D eigenvalue weighted by molar-refractivity contribution is 5.88. The van der Waals surface area contributed by atoms with Gasteiger partial charge in [0, 0.05) is 19.0 Å². The van der Waals surface area contributed by atoms with Crippen LogP contribution in [0.5, 0.6) is 0 Å². The van der Waals surface area contributed by atoms with Gasteiger partial charge in [-0.15, -0.1) is 0 Å². The predicted molar refractivity (Wildman–Crippen MR) is 54.9 cm³/mol. The molecule has 0 aromatic rings. The molecule has 2 fully saturated rings. The van der Waals surface area contributed by atoms with E-state index in [9.17, 15) is 9.59 Å². The van der Waals surface area contributed by atoms with Gasteiger partial charge in [0.1, 0.15) is 0 Å². The zero-order valence-electron chi connectivity index (χ0n) is 8.74. The summed E-state index contributed by atoms with van der Waals surface area (Å²) in [6.45, 7) is 2.43. The van der Waals surface area contributed by atoms with Crippen LogP contribution in [0.4, 0.5) is 0 Å². The van der Waals surface area contributed by atoms with E-state index in [1.807, 2.05) is 4.90 Å². The quantitative estimate of drug-likeness (QED) is 0.620. The third-order valence-corrected chi connectivity index (χ3v) is 3.31. The molecule has 3 N–H and O–H groups in total. The first kappa shape index (κ1) is 10.4. The van der Waals surface area contributed by atoms with Crippen LogP contribution in [0.3, 0.4) is 0 Å². The second-order valence-corrected chi connectivity index (χ2v) is 4.33. The fourth-order valence-corrected chi connectivity index (χ4v) is 2.39. The summed E-state index contributed by atoms with van der Waals surface area (Å²) < 4.78 is 0. The van der Waals surface area contributed by atoms with Crippen LogP contribution in [0.1, 0.15) is 19.3 Å². The fourth-order valence-electron chi connectivity index (χ4n) is 2.39. The lowest BCUT2D eigenvalue weighted by Crippen LogP contribution is -2.44. The zero-order chi connectivity index (χ0) is 10.8. The van der Waals surface area contributed by atoms with Crippen molar-refractivity contribution in [2.45, 2.75) is 25.3 Å². The Labute approximate surface area is 89.0 Å². The Bertz CT molecular complexity index is 274. The number of likely N-dealkylation sites (tertiary alicyclic amines) is 1. The van der Waals surface area contributed by atoms with Gasteiger partial charge in [0.15, 0.2) is 0 Å². The van der Waals surface area contributed by atoms with Crippen molar-refractivity contribution in [2.75, 3.05) is 19.6 Å². The van der Waals surface area contributed by atoms with Gasteiger partial charge in [-0.2, -0.15) is 0 Å². The number of nitrogens with two attached hydrogens (primary N) is 1. The minimum absolute atomic E-state index is 0.0886. The number of nitrogens with zero attached hydrogens (tertiary/aromatic N) is 1. The van der Waals surface area contributed by atoms with Crippen molar-refractivity contribution in [2.24, 2.45) is 11.7 Å². The van der Waals surface area contributed by atoms with E-state index in [1.165, 1.54) is 0 Å². The summed E-state index contributed by atoms with van der Waals surface area (Å²) in [4.78, 5) is 24.5. The molecular weight excluding hydrogens is 194 g/mol. The molecular formula is C10H17N3O2. The summed E-state index contributed by atoms with van der Waals surface area (Å²) in [5.74, 6) is -0.530. The van der Waals surface area contributed by atoms with Gasteiger partial charge < -0.3 is 16.0 Å². The summed E-state index contributed by atoms with van der Waals surface area (Å²) in [6, 6.07) is 0.308. The predicted octanol–water partition coefficient (Wildman–Crippen LogP) is -0.928. The van der Waals surface area contributed by atoms with Crippen molar-refractivity contribution >= 4 is 11.8 Å². The van der Waals surface area contributed by atoms with E-state index in [1.54, 1.807) is 0 Å². The van der Waals surface area contributed by atoms with Crippen LogP contribution in [-0.2, 0) is 9.59 Å².